The lowest BCUT2D eigenvalue weighted by Crippen LogP contribution is -2.72. The third-order valence-electron chi connectivity index (χ3n) is 10.2. The molecule has 0 radical (unpaired) electrons. The molecular formula is C39H76NO6+. The lowest BCUT2D eigenvalue weighted by molar-refractivity contribution is -0.973. The van der Waals surface area contributed by atoms with Crippen molar-refractivity contribution in [2.45, 2.75) is 226 Å². The average Bonchev–Trinajstić information content (AvgIpc) is 3.02. The van der Waals surface area contributed by atoms with Gasteiger partial charge in [-0.2, -0.15) is 0 Å². The molecule has 3 atom stereocenters. The standard InChI is InChI=1S/C39H75NO6/c1-5-9-10-11-12-13-14-15-16-17-18-19-20-21-22-23-24-25-26-27-28-29-33-40(34(30-6-2)37(41)42,35(31-7-3)38(43)44)36(32-8-4)39(45)46/h34-36H,5-33H2,1-4H3,(H2-,41,42,43,44,45,46)/p+1. The highest BCUT2D eigenvalue weighted by Gasteiger charge is 2.56. The van der Waals surface area contributed by atoms with Crippen molar-refractivity contribution in [2.75, 3.05) is 6.54 Å². The van der Waals surface area contributed by atoms with Gasteiger partial charge in [-0.05, 0) is 32.1 Å². The number of quaternary nitrogens is 1. The van der Waals surface area contributed by atoms with Gasteiger partial charge in [0.1, 0.15) is 0 Å². The minimum absolute atomic E-state index is 0.273. The predicted octanol–water partition coefficient (Wildman–Crippen LogP) is 11.2. The molecule has 0 aromatic heterocycles. The first kappa shape index (κ1) is 44.4. The van der Waals surface area contributed by atoms with E-state index in [1.165, 1.54) is 116 Å². The van der Waals surface area contributed by atoms with Crippen LogP contribution in [-0.2, 0) is 14.4 Å². The first-order valence-corrected chi connectivity index (χ1v) is 19.8. The average molecular weight is 655 g/mol. The molecule has 0 spiro atoms. The highest BCUT2D eigenvalue weighted by molar-refractivity contribution is 5.78. The van der Waals surface area contributed by atoms with Gasteiger partial charge in [0.25, 0.3) is 0 Å². The maximum atomic E-state index is 12.6. The van der Waals surface area contributed by atoms with Gasteiger partial charge < -0.3 is 15.3 Å². The number of unbranched alkanes of at least 4 members (excludes halogenated alkanes) is 21. The Bertz CT molecular complexity index is 697. The summed E-state index contributed by atoms with van der Waals surface area (Å²) in [6.45, 7) is 8.21. The molecule has 0 aliphatic heterocycles. The lowest BCUT2D eigenvalue weighted by Gasteiger charge is -2.50. The van der Waals surface area contributed by atoms with Crippen molar-refractivity contribution in [1.82, 2.24) is 0 Å². The third kappa shape index (κ3) is 18.6. The molecule has 0 saturated carbocycles. The zero-order valence-electron chi connectivity index (χ0n) is 30.8. The van der Waals surface area contributed by atoms with Crippen LogP contribution < -0.4 is 0 Å². The molecule has 0 aliphatic rings. The Labute approximate surface area is 283 Å². The summed E-state index contributed by atoms with van der Waals surface area (Å²) in [5.41, 5.74) is 0. The van der Waals surface area contributed by atoms with Crippen molar-refractivity contribution in [2.24, 2.45) is 0 Å². The van der Waals surface area contributed by atoms with E-state index in [0.717, 1.165) is 19.3 Å². The Balaban J connectivity index is 4.53. The van der Waals surface area contributed by atoms with Crippen molar-refractivity contribution >= 4 is 17.9 Å². The molecule has 0 amide bonds. The van der Waals surface area contributed by atoms with Crippen LogP contribution in [0.3, 0.4) is 0 Å². The highest BCUT2D eigenvalue weighted by atomic mass is 16.4. The van der Waals surface area contributed by atoms with Crippen LogP contribution in [-0.4, -0.2) is 62.4 Å². The number of rotatable bonds is 35. The smallest absolute Gasteiger partial charge is 0.362 e. The molecule has 3 N–H and O–H groups in total. The van der Waals surface area contributed by atoms with E-state index in [1.807, 2.05) is 20.8 Å². The molecule has 0 aromatic carbocycles. The van der Waals surface area contributed by atoms with Gasteiger partial charge in [-0.25, -0.2) is 14.4 Å². The van der Waals surface area contributed by atoms with E-state index in [1.54, 1.807) is 0 Å². The zero-order valence-corrected chi connectivity index (χ0v) is 30.8. The van der Waals surface area contributed by atoms with E-state index in [2.05, 4.69) is 6.92 Å². The number of carboxylic acids is 3. The minimum atomic E-state index is -1.08. The quantitative estimate of drug-likeness (QED) is 0.0463. The zero-order chi connectivity index (χ0) is 34.5. The highest BCUT2D eigenvalue weighted by Crippen LogP contribution is 2.34. The second kappa shape index (κ2) is 29.5. The van der Waals surface area contributed by atoms with E-state index >= 15 is 0 Å². The molecule has 3 unspecified atom stereocenters. The van der Waals surface area contributed by atoms with Gasteiger partial charge in [-0.1, -0.05) is 156 Å². The van der Waals surface area contributed by atoms with Crippen molar-refractivity contribution in [3.8, 4) is 0 Å². The van der Waals surface area contributed by atoms with Gasteiger partial charge in [0.15, 0.2) is 18.1 Å². The second-order valence-electron chi connectivity index (χ2n) is 14.1. The monoisotopic (exact) mass is 655 g/mol. The van der Waals surface area contributed by atoms with Crippen LogP contribution >= 0.6 is 0 Å². The van der Waals surface area contributed by atoms with Crippen LogP contribution in [0.4, 0.5) is 0 Å². The van der Waals surface area contributed by atoms with E-state index in [-0.39, 0.29) is 30.3 Å². The SMILES string of the molecule is CCCCCCCCCCCCCCCCCCCCCCCC[N+](C(CCC)C(=O)O)(C(CCC)C(=O)O)C(CCC)C(=O)O. The van der Waals surface area contributed by atoms with Gasteiger partial charge in [-0.3, -0.25) is 4.48 Å². The topological polar surface area (TPSA) is 112 Å². The predicted molar refractivity (Wildman–Crippen MR) is 191 cm³/mol. The fourth-order valence-corrected chi connectivity index (χ4v) is 7.64. The van der Waals surface area contributed by atoms with Crippen LogP contribution in [0.25, 0.3) is 0 Å². The number of hydrogen-bond acceptors (Lipinski definition) is 3. The molecule has 0 saturated heterocycles. The fourth-order valence-electron chi connectivity index (χ4n) is 7.64. The van der Waals surface area contributed by atoms with Crippen LogP contribution in [0.5, 0.6) is 0 Å². The normalized spacial score (nSPS) is 14.9. The molecule has 7 heteroatoms. The summed E-state index contributed by atoms with van der Waals surface area (Å²) in [5, 5.41) is 30.9. The number of carboxylic acid groups (broad SMARTS) is 3. The van der Waals surface area contributed by atoms with Gasteiger partial charge in [-0.15, -0.1) is 0 Å². The molecule has 0 aromatic rings. The molecule has 0 heterocycles. The Morgan fingerprint density at radius 1 is 0.370 bits per heavy atom. The molecule has 46 heavy (non-hydrogen) atoms. The van der Waals surface area contributed by atoms with Crippen LogP contribution in [0, 0.1) is 0 Å². The Hall–Kier alpha value is -1.63. The van der Waals surface area contributed by atoms with Crippen molar-refractivity contribution < 1.29 is 34.2 Å². The first-order valence-electron chi connectivity index (χ1n) is 19.8. The third-order valence-corrected chi connectivity index (χ3v) is 10.2. The number of carbonyl (C=O) groups is 3. The summed E-state index contributed by atoms with van der Waals surface area (Å²) < 4.78 is -0.366. The maximum Gasteiger partial charge on any atom is 0.362 e. The summed E-state index contributed by atoms with van der Waals surface area (Å²) in [7, 11) is 0. The van der Waals surface area contributed by atoms with Gasteiger partial charge in [0.2, 0.25) is 0 Å². The van der Waals surface area contributed by atoms with E-state index in [4.69, 9.17) is 0 Å². The lowest BCUT2D eigenvalue weighted by atomic mass is 9.91. The molecule has 7 nitrogen and oxygen atoms in total. The number of aliphatic carboxylic acids is 3. The Morgan fingerprint density at radius 2 is 0.587 bits per heavy atom. The van der Waals surface area contributed by atoms with Crippen molar-refractivity contribution in [3.63, 3.8) is 0 Å². The fraction of sp³-hybridized carbons (Fsp3) is 0.923. The molecular weight excluding hydrogens is 578 g/mol. The first-order chi connectivity index (χ1) is 22.2. The van der Waals surface area contributed by atoms with E-state index in [0.29, 0.717) is 25.7 Å². The molecule has 272 valence electrons. The molecule has 0 bridgehead atoms. The van der Waals surface area contributed by atoms with Crippen LogP contribution in [0.1, 0.15) is 207 Å². The van der Waals surface area contributed by atoms with Crippen LogP contribution in [0.2, 0.25) is 0 Å². The Morgan fingerprint density at radius 3 is 0.783 bits per heavy atom. The minimum Gasteiger partial charge on any atom is -0.477 e. The summed E-state index contributed by atoms with van der Waals surface area (Å²) in [4.78, 5) is 37.9. The number of nitrogens with zero attached hydrogens (tertiary/aromatic N) is 1. The summed E-state index contributed by atoms with van der Waals surface area (Å²) in [6.07, 6.45) is 30.7. The van der Waals surface area contributed by atoms with Crippen molar-refractivity contribution in [3.05, 3.63) is 0 Å². The Kier molecular flexibility index (Phi) is 28.5. The largest absolute Gasteiger partial charge is 0.477 e. The van der Waals surface area contributed by atoms with Gasteiger partial charge in [0, 0.05) is 19.3 Å². The molecule has 0 fully saturated rings. The summed E-state index contributed by atoms with van der Waals surface area (Å²) in [6, 6.07) is -3.12. The van der Waals surface area contributed by atoms with Gasteiger partial charge >= 0.3 is 17.9 Å². The second-order valence-corrected chi connectivity index (χ2v) is 14.1. The maximum absolute atomic E-state index is 12.6. The number of hydrogen-bond donors (Lipinski definition) is 3. The van der Waals surface area contributed by atoms with E-state index in [9.17, 15) is 29.7 Å². The molecule has 0 rings (SSSR count). The summed E-state index contributed by atoms with van der Waals surface area (Å²) in [5.74, 6) is -3.24. The van der Waals surface area contributed by atoms with Crippen LogP contribution in [0.15, 0.2) is 0 Å². The summed E-state index contributed by atoms with van der Waals surface area (Å²) >= 11 is 0. The van der Waals surface area contributed by atoms with Gasteiger partial charge in [0.05, 0.1) is 6.54 Å². The molecule has 0 aliphatic carbocycles. The van der Waals surface area contributed by atoms with Crippen molar-refractivity contribution in [1.29, 1.82) is 0 Å². The van der Waals surface area contributed by atoms with E-state index < -0.39 is 36.0 Å².